The Bertz CT molecular complexity index is 466. The molecule has 3 rings (SSSR count). The molecule has 0 radical (unpaired) electrons. The van der Waals surface area contributed by atoms with Gasteiger partial charge in [-0.15, -0.1) is 0 Å². The summed E-state index contributed by atoms with van der Waals surface area (Å²) in [5.41, 5.74) is 1.00. The topological polar surface area (TPSA) is 43.4 Å². The zero-order valence-corrected chi connectivity index (χ0v) is 10.2. The number of fused-ring (bicyclic) bond motifs is 2. The third-order valence-corrected chi connectivity index (χ3v) is 4.14. The highest BCUT2D eigenvalue weighted by Crippen LogP contribution is 2.46. The van der Waals surface area contributed by atoms with E-state index in [-0.39, 0.29) is 23.7 Å². The average molecular weight is 244 g/mol. The first-order valence-corrected chi connectivity index (χ1v) is 6.47. The van der Waals surface area contributed by atoms with Crippen molar-refractivity contribution in [1.82, 2.24) is 0 Å². The lowest BCUT2D eigenvalue weighted by Gasteiger charge is -2.19. The quantitative estimate of drug-likeness (QED) is 0.766. The minimum absolute atomic E-state index is 0.0450. The van der Waals surface area contributed by atoms with Crippen molar-refractivity contribution < 1.29 is 14.3 Å². The highest BCUT2D eigenvalue weighted by molar-refractivity contribution is 5.87. The van der Waals surface area contributed by atoms with E-state index < -0.39 is 0 Å². The van der Waals surface area contributed by atoms with E-state index in [1.165, 1.54) is 0 Å². The van der Waals surface area contributed by atoms with E-state index in [4.69, 9.17) is 4.74 Å². The number of hydrogen-bond acceptors (Lipinski definition) is 3. The van der Waals surface area contributed by atoms with Crippen molar-refractivity contribution in [3.63, 3.8) is 0 Å². The molecule has 0 N–H and O–H groups in total. The first-order valence-electron chi connectivity index (χ1n) is 6.47. The van der Waals surface area contributed by atoms with Crippen molar-refractivity contribution in [2.75, 3.05) is 0 Å². The van der Waals surface area contributed by atoms with Gasteiger partial charge in [0.25, 0.3) is 0 Å². The second-order valence-electron chi connectivity index (χ2n) is 5.30. The molecule has 3 atom stereocenters. The number of Topliss-reactive ketones (excluding diaryl/α,β-unsaturated/α-hetero) is 1. The normalized spacial score (nSPS) is 29.6. The third-order valence-electron chi connectivity index (χ3n) is 4.14. The van der Waals surface area contributed by atoms with E-state index in [1.807, 2.05) is 30.3 Å². The van der Waals surface area contributed by atoms with E-state index in [0.29, 0.717) is 25.2 Å². The number of carbonyl (C=O) groups is 2. The lowest BCUT2D eigenvalue weighted by Crippen LogP contribution is -2.26. The van der Waals surface area contributed by atoms with Gasteiger partial charge in [0.15, 0.2) is 0 Å². The number of esters is 1. The van der Waals surface area contributed by atoms with Crippen molar-refractivity contribution >= 4 is 11.8 Å². The molecule has 0 heterocycles. The molecule has 2 saturated carbocycles. The highest BCUT2D eigenvalue weighted by atomic mass is 16.5. The van der Waals surface area contributed by atoms with Crippen LogP contribution in [0.3, 0.4) is 0 Å². The smallest absolute Gasteiger partial charge is 0.309 e. The lowest BCUT2D eigenvalue weighted by molar-refractivity contribution is -0.152. The van der Waals surface area contributed by atoms with Gasteiger partial charge >= 0.3 is 5.97 Å². The standard InChI is InChI=1S/C15H16O3/c16-14-8-11-6-12(14)7-13(11)15(17)18-9-10-4-2-1-3-5-10/h1-5,11-13H,6-9H2. The molecule has 18 heavy (non-hydrogen) atoms. The molecule has 3 nitrogen and oxygen atoms in total. The Morgan fingerprint density at radius 2 is 2.00 bits per heavy atom. The molecule has 3 unspecified atom stereocenters. The van der Waals surface area contributed by atoms with Gasteiger partial charge in [0.05, 0.1) is 5.92 Å². The molecule has 2 aliphatic rings. The second kappa shape index (κ2) is 4.56. The Hall–Kier alpha value is -1.64. The van der Waals surface area contributed by atoms with Crippen LogP contribution in [0, 0.1) is 17.8 Å². The van der Waals surface area contributed by atoms with E-state index in [0.717, 1.165) is 12.0 Å². The predicted octanol–water partition coefficient (Wildman–Crippen LogP) is 2.35. The zero-order valence-electron chi connectivity index (χ0n) is 10.2. The van der Waals surface area contributed by atoms with Crippen molar-refractivity contribution in [1.29, 1.82) is 0 Å². The van der Waals surface area contributed by atoms with E-state index in [1.54, 1.807) is 0 Å². The van der Waals surface area contributed by atoms with Crippen LogP contribution in [0.1, 0.15) is 24.8 Å². The zero-order chi connectivity index (χ0) is 12.5. The number of ketones is 1. The van der Waals surface area contributed by atoms with E-state index in [2.05, 4.69) is 0 Å². The Kier molecular flexibility index (Phi) is 2.90. The van der Waals surface area contributed by atoms with Crippen LogP contribution in [0.2, 0.25) is 0 Å². The minimum atomic E-state index is -0.126. The summed E-state index contributed by atoms with van der Waals surface area (Å²) in [6.45, 7) is 0.335. The first-order chi connectivity index (χ1) is 8.74. The van der Waals surface area contributed by atoms with Crippen LogP contribution in [-0.2, 0) is 20.9 Å². The maximum absolute atomic E-state index is 12.0. The number of carbonyl (C=O) groups excluding carboxylic acids is 2. The fourth-order valence-electron chi connectivity index (χ4n) is 3.16. The highest BCUT2D eigenvalue weighted by Gasteiger charge is 2.48. The summed E-state index contributed by atoms with van der Waals surface area (Å²) >= 11 is 0. The summed E-state index contributed by atoms with van der Waals surface area (Å²) in [6, 6.07) is 9.68. The van der Waals surface area contributed by atoms with Gasteiger partial charge in [-0.1, -0.05) is 30.3 Å². The largest absolute Gasteiger partial charge is 0.461 e. The molecule has 0 saturated heterocycles. The van der Waals surface area contributed by atoms with Gasteiger partial charge in [-0.3, -0.25) is 9.59 Å². The van der Waals surface area contributed by atoms with Crippen LogP contribution >= 0.6 is 0 Å². The van der Waals surface area contributed by atoms with Crippen molar-refractivity contribution in [3.05, 3.63) is 35.9 Å². The van der Waals surface area contributed by atoms with Crippen molar-refractivity contribution in [3.8, 4) is 0 Å². The van der Waals surface area contributed by atoms with Gasteiger partial charge in [-0.05, 0) is 24.3 Å². The van der Waals surface area contributed by atoms with Gasteiger partial charge < -0.3 is 4.74 Å². The Labute approximate surface area is 106 Å². The van der Waals surface area contributed by atoms with Gasteiger partial charge in [0.2, 0.25) is 0 Å². The molecular weight excluding hydrogens is 228 g/mol. The van der Waals surface area contributed by atoms with E-state index >= 15 is 0 Å². The van der Waals surface area contributed by atoms with Crippen molar-refractivity contribution in [2.24, 2.45) is 17.8 Å². The average Bonchev–Trinajstić information content (AvgIpc) is 2.96. The predicted molar refractivity (Wildman–Crippen MR) is 65.6 cm³/mol. The SMILES string of the molecule is O=C1CC2CC1CC2C(=O)OCc1ccccc1. The third kappa shape index (κ3) is 2.05. The van der Waals surface area contributed by atoms with Crippen LogP contribution in [0.5, 0.6) is 0 Å². The lowest BCUT2D eigenvalue weighted by atomic mass is 9.88. The minimum Gasteiger partial charge on any atom is -0.461 e. The maximum atomic E-state index is 12.0. The van der Waals surface area contributed by atoms with Gasteiger partial charge in [0, 0.05) is 12.3 Å². The molecular formula is C15H16O3. The molecule has 2 bridgehead atoms. The van der Waals surface area contributed by atoms with Crippen LogP contribution in [0.15, 0.2) is 30.3 Å². The van der Waals surface area contributed by atoms with Crippen LogP contribution in [0.4, 0.5) is 0 Å². The summed E-state index contributed by atoms with van der Waals surface area (Å²) in [4.78, 5) is 23.4. The van der Waals surface area contributed by atoms with Crippen LogP contribution < -0.4 is 0 Å². The number of benzene rings is 1. The van der Waals surface area contributed by atoms with Crippen LogP contribution in [-0.4, -0.2) is 11.8 Å². The molecule has 0 spiro atoms. The number of ether oxygens (including phenoxy) is 1. The summed E-state index contributed by atoms with van der Waals surface area (Å²) in [5, 5.41) is 0. The molecule has 2 aliphatic carbocycles. The molecule has 0 amide bonds. The number of hydrogen-bond donors (Lipinski definition) is 0. The molecule has 0 aliphatic heterocycles. The van der Waals surface area contributed by atoms with Gasteiger partial charge in [-0.25, -0.2) is 0 Å². The summed E-state index contributed by atoms with van der Waals surface area (Å²) in [5.74, 6) is 0.539. The van der Waals surface area contributed by atoms with Gasteiger partial charge in [-0.2, -0.15) is 0 Å². The molecule has 2 fully saturated rings. The summed E-state index contributed by atoms with van der Waals surface area (Å²) in [6.07, 6.45) is 2.18. The Morgan fingerprint density at radius 3 is 2.61 bits per heavy atom. The molecule has 3 heteroatoms. The fourth-order valence-corrected chi connectivity index (χ4v) is 3.16. The van der Waals surface area contributed by atoms with Gasteiger partial charge in [0.1, 0.15) is 12.4 Å². The molecule has 1 aromatic rings. The van der Waals surface area contributed by atoms with Crippen LogP contribution in [0.25, 0.3) is 0 Å². The Morgan fingerprint density at radius 1 is 1.22 bits per heavy atom. The Balaban J connectivity index is 1.56. The molecule has 0 aromatic heterocycles. The first kappa shape index (κ1) is 11.5. The van der Waals surface area contributed by atoms with E-state index in [9.17, 15) is 9.59 Å². The molecule has 1 aromatic carbocycles. The van der Waals surface area contributed by atoms with Crippen molar-refractivity contribution in [2.45, 2.75) is 25.9 Å². The fraction of sp³-hybridized carbons (Fsp3) is 0.467. The monoisotopic (exact) mass is 244 g/mol. The summed E-state index contributed by atoms with van der Waals surface area (Å²) in [7, 11) is 0. The number of rotatable bonds is 3. The maximum Gasteiger partial charge on any atom is 0.309 e. The summed E-state index contributed by atoms with van der Waals surface area (Å²) < 4.78 is 5.35. The second-order valence-corrected chi connectivity index (χ2v) is 5.30. The molecule has 94 valence electrons.